The van der Waals surface area contributed by atoms with E-state index in [1.807, 2.05) is 24.3 Å². The maximum atomic E-state index is 5.31. The molecule has 0 saturated heterocycles. The summed E-state index contributed by atoms with van der Waals surface area (Å²) < 4.78 is 0. The summed E-state index contributed by atoms with van der Waals surface area (Å²) in [5.74, 6) is 6.15. The molecule has 0 unspecified atom stereocenters. The Balaban J connectivity index is 2.83. The molecule has 0 bridgehead atoms. The van der Waals surface area contributed by atoms with Crippen molar-refractivity contribution < 1.29 is 0 Å². The van der Waals surface area contributed by atoms with Crippen molar-refractivity contribution in [1.29, 1.82) is 0 Å². The number of aryl methyl sites for hydroxylation is 1. The molecular formula is C8H12N2S. The average molecular weight is 168 g/mol. The molecule has 0 saturated carbocycles. The molecule has 0 spiro atoms. The van der Waals surface area contributed by atoms with Crippen LogP contribution in [0.3, 0.4) is 0 Å². The highest BCUT2D eigenvalue weighted by Gasteiger charge is 1.96. The van der Waals surface area contributed by atoms with E-state index in [4.69, 9.17) is 5.84 Å². The van der Waals surface area contributed by atoms with E-state index in [-0.39, 0.29) is 0 Å². The minimum Gasteiger partial charge on any atom is -0.324 e. The summed E-state index contributed by atoms with van der Waals surface area (Å²) in [6, 6.07) is 7.96. The highest BCUT2D eigenvalue weighted by Crippen LogP contribution is 2.13. The zero-order valence-electron chi connectivity index (χ0n) is 6.25. The zero-order valence-corrected chi connectivity index (χ0v) is 7.14. The van der Waals surface area contributed by atoms with Crippen molar-refractivity contribution in [1.82, 2.24) is 0 Å². The first-order valence-electron chi connectivity index (χ1n) is 3.54. The van der Waals surface area contributed by atoms with Crippen LogP contribution in [0.1, 0.15) is 5.56 Å². The largest absolute Gasteiger partial charge is 0.324 e. The van der Waals surface area contributed by atoms with Crippen molar-refractivity contribution in [2.45, 2.75) is 6.42 Å². The van der Waals surface area contributed by atoms with Gasteiger partial charge in [-0.25, -0.2) is 0 Å². The summed E-state index contributed by atoms with van der Waals surface area (Å²) in [4.78, 5) is 0. The highest BCUT2D eigenvalue weighted by molar-refractivity contribution is 7.80. The number of rotatable bonds is 3. The molecule has 1 aromatic carbocycles. The third-order valence-electron chi connectivity index (χ3n) is 1.55. The molecule has 1 aromatic rings. The molecular weight excluding hydrogens is 156 g/mol. The van der Waals surface area contributed by atoms with Crippen molar-refractivity contribution in [2.24, 2.45) is 5.84 Å². The minimum atomic E-state index is 0.846. The number of nitrogens with one attached hydrogen (secondary N) is 1. The quantitative estimate of drug-likeness (QED) is 0.363. The number of hydrogen-bond donors (Lipinski definition) is 3. The van der Waals surface area contributed by atoms with Crippen molar-refractivity contribution in [2.75, 3.05) is 11.2 Å². The molecule has 1 rings (SSSR count). The summed E-state index contributed by atoms with van der Waals surface area (Å²) in [5.41, 5.74) is 4.85. The van der Waals surface area contributed by atoms with Gasteiger partial charge in [-0.1, -0.05) is 18.2 Å². The minimum absolute atomic E-state index is 0.846. The van der Waals surface area contributed by atoms with Crippen LogP contribution in [0.2, 0.25) is 0 Å². The van der Waals surface area contributed by atoms with Gasteiger partial charge in [0, 0.05) is 0 Å². The van der Waals surface area contributed by atoms with Crippen LogP contribution in [0, 0.1) is 0 Å². The molecule has 0 atom stereocenters. The van der Waals surface area contributed by atoms with Crippen LogP contribution >= 0.6 is 12.6 Å². The molecule has 0 fully saturated rings. The van der Waals surface area contributed by atoms with Crippen molar-refractivity contribution in [3.63, 3.8) is 0 Å². The average Bonchev–Trinajstić information content (AvgIpc) is 2.06. The Labute approximate surface area is 72.2 Å². The number of anilines is 1. The summed E-state index contributed by atoms with van der Waals surface area (Å²) in [6.07, 6.45) is 0.948. The molecule has 0 heterocycles. The predicted octanol–water partition coefficient (Wildman–Crippen LogP) is 1.44. The number of nitrogens with two attached hydrogens (primary N) is 1. The number of nitrogen functional groups attached to an aromatic ring is 1. The van der Waals surface area contributed by atoms with Gasteiger partial charge >= 0.3 is 0 Å². The van der Waals surface area contributed by atoms with Crippen LogP contribution in [-0.4, -0.2) is 5.75 Å². The zero-order chi connectivity index (χ0) is 8.10. The van der Waals surface area contributed by atoms with Crippen LogP contribution in [-0.2, 0) is 6.42 Å². The summed E-state index contributed by atoms with van der Waals surface area (Å²) >= 11 is 4.15. The molecule has 0 aliphatic carbocycles. The number of hydrogen-bond acceptors (Lipinski definition) is 3. The second-order valence-corrected chi connectivity index (χ2v) is 2.72. The molecule has 3 N–H and O–H groups in total. The van der Waals surface area contributed by atoms with Gasteiger partial charge in [-0.2, -0.15) is 12.6 Å². The maximum absolute atomic E-state index is 5.31. The summed E-state index contributed by atoms with van der Waals surface area (Å²) in [6.45, 7) is 0. The monoisotopic (exact) mass is 168 g/mol. The Hall–Kier alpha value is -0.670. The molecule has 0 aromatic heterocycles. The Kier molecular flexibility index (Phi) is 3.26. The van der Waals surface area contributed by atoms with Crippen molar-refractivity contribution in [3.05, 3.63) is 29.8 Å². The molecule has 0 radical (unpaired) electrons. The Bertz CT molecular complexity index is 225. The molecule has 0 amide bonds. The standard InChI is InChI=1S/C8H12N2S/c9-10-8-4-2-1-3-7(8)5-6-11/h1-4,10-11H,5-6,9H2. The van der Waals surface area contributed by atoms with Gasteiger partial charge in [0.1, 0.15) is 0 Å². The molecule has 0 aliphatic rings. The third kappa shape index (κ3) is 2.13. The van der Waals surface area contributed by atoms with E-state index in [0.29, 0.717) is 0 Å². The fraction of sp³-hybridized carbons (Fsp3) is 0.250. The van der Waals surface area contributed by atoms with E-state index in [9.17, 15) is 0 Å². The second-order valence-electron chi connectivity index (χ2n) is 2.28. The van der Waals surface area contributed by atoms with Crippen LogP contribution in [0.15, 0.2) is 24.3 Å². The molecule has 60 valence electrons. The van der Waals surface area contributed by atoms with Crippen molar-refractivity contribution >= 4 is 18.3 Å². The predicted molar refractivity (Wildman–Crippen MR) is 51.8 cm³/mol. The number of para-hydroxylation sites is 1. The van der Waals surface area contributed by atoms with Crippen LogP contribution in [0.25, 0.3) is 0 Å². The van der Waals surface area contributed by atoms with E-state index in [0.717, 1.165) is 17.9 Å². The van der Waals surface area contributed by atoms with E-state index < -0.39 is 0 Å². The van der Waals surface area contributed by atoms with E-state index in [2.05, 4.69) is 18.1 Å². The first-order valence-corrected chi connectivity index (χ1v) is 4.17. The molecule has 11 heavy (non-hydrogen) atoms. The fourth-order valence-corrected chi connectivity index (χ4v) is 1.24. The van der Waals surface area contributed by atoms with Crippen LogP contribution in [0.5, 0.6) is 0 Å². The van der Waals surface area contributed by atoms with Gasteiger partial charge < -0.3 is 5.43 Å². The van der Waals surface area contributed by atoms with Crippen molar-refractivity contribution in [3.8, 4) is 0 Å². The first-order chi connectivity index (χ1) is 5.38. The van der Waals surface area contributed by atoms with E-state index in [1.54, 1.807) is 0 Å². The Morgan fingerprint density at radius 1 is 1.36 bits per heavy atom. The Morgan fingerprint density at radius 3 is 2.73 bits per heavy atom. The smallest absolute Gasteiger partial charge is 0.0517 e. The van der Waals surface area contributed by atoms with Gasteiger partial charge in [0.25, 0.3) is 0 Å². The first kappa shape index (κ1) is 8.43. The van der Waals surface area contributed by atoms with Gasteiger partial charge in [0.05, 0.1) is 5.69 Å². The SMILES string of the molecule is NNc1ccccc1CCS. The normalized spacial score (nSPS) is 9.64. The van der Waals surface area contributed by atoms with Gasteiger partial charge in [-0.15, -0.1) is 0 Å². The topological polar surface area (TPSA) is 38.0 Å². The van der Waals surface area contributed by atoms with Crippen LogP contribution in [0.4, 0.5) is 5.69 Å². The summed E-state index contributed by atoms with van der Waals surface area (Å²) in [5, 5.41) is 0. The Morgan fingerprint density at radius 2 is 2.09 bits per heavy atom. The number of benzene rings is 1. The number of hydrazine groups is 1. The lowest BCUT2D eigenvalue weighted by Crippen LogP contribution is -2.09. The van der Waals surface area contributed by atoms with Gasteiger partial charge in [0.2, 0.25) is 0 Å². The highest BCUT2D eigenvalue weighted by atomic mass is 32.1. The lowest BCUT2D eigenvalue weighted by molar-refractivity contribution is 1.15. The number of thiol groups is 1. The fourth-order valence-electron chi connectivity index (χ4n) is 1.000. The second kappa shape index (κ2) is 4.26. The molecule has 3 heteroatoms. The van der Waals surface area contributed by atoms with Gasteiger partial charge in [-0.3, -0.25) is 5.84 Å². The summed E-state index contributed by atoms with van der Waals surface area (Å²) in [7, 11) is 0. The van der Waals surface area contributed by atoms with Gasteiger partial charge in [0.15, 0.2) is 0 Å². The lowest BCUT2D eigenvalue weighted by Gasteiger charge is -2.05. The van der Waals surface area contributed by atoms with E-state index >= 15 is 0 Å². The van der Waals surface area contributed by atoms with Gasteiger partial charge in [-0.05, 0) is 23.8 Å². The molecule has 2 nitrogen and oxygen atoms in total. The molecule has 0 aliphatic heterocycles. The maximum Gasteiger partial charge on any atom is 0.0517 e. The lowest BCUT2D eigenvalue weighted by atomic mass is 10.1. The van der Waals surface area contributed by atoms with Crippen LogP contribution < -0.4 is 11.3 Å². The van der Waals surface area contributed by atoms with E-state index in [1.165, 1.54) is 5.56 Å². The third-order valence-corrected chi connectivity index (χ3v) is 1.78.